The Morgan fingerprint density at radius 2 is 1.72 bits per heavy atom. The van der Waals surface area contributed by atoms with E-state index in [9.17, 15) is 28.4 Å². The number of hydrogen-bond acceptors (Lipinski definition) is 14. The second kappa shape index (κ2) is 20.5. The first-order valence-corrected chi connectivity index (χ1v) is 27.1. The minimum absolute atomic E-state index is 0.0392. The Labute approximate surface area is 432 Å². The zero-order valence-corrected chi connectivity index (χ0v) is 43.5. The number of rotatable bonds is 17. The van der Waals surface area contributed by atoms with Crippen molar-refractivity contribution in [3.05, 3.63) is 136 Å². The number of amides is 1. The van der Waals surface area contributed by atoms with Gasteiger partial charge in [0.05, 0.1) is 41.4 Å². The summed E-state index contributed by atoms with van der Waals surface area (Å²) in [5.74, 6) is 1.55. The van der Waals surface area contributed by atoms with Crippen LogP contribution in [-0.2, 0) is 16.6 Å². The van der Waals surface area contributed by atoms with Gasteiger partial charge in [0, 0.05) is 92.7 Å². The lowest BCUT2D eigenvalue weighted by atomic mass is 9.59. The minimum Gasteiger partial charge on any atom is -0.493 e. The number of hydrogen-bond donors (Lipinski definition) is 4. The predicted octanol–water partition coefficient (Wildman–Crippen LogP) is 9.40. The Morgan fingerprint density at radius 1 is 0.946 bits per heavy atom. The lowest BCUT2D eigenvalue weighted by molar-refractivity contribution is -0.384. The first kappa shape index (κ1) is 50.8. The number of aliphatic hydroxyl groups is 1. The molecule has 1 spiro atoms. The maximum absolute atomic E-state index is 14.1. The van der Waals surface area contributed by atoms with Crippen LogP contribution in [0.5, 0.6) is 23.0 Å². The minimum atomic E-state index is -4.59. The van der Waals surface area contributed by atoms with Gasteiger partial charge in [-0.2, -0.15) is 0 Å². The van der Waals surface area contributed by atoms with Crippen molar-refractivity contribution in [2.45, 2.75) is 94.3 Å². The fourth-order valence-electron chi connectivity index (χ4n) is 11.7. The summed E-state index contributed by atoms with van der Waals surface area (Å²) in [4.78, 5) is 40.3. The Hall–Kier alpha value is -6.73. The van der Waals surface area contributed by atoms with Gasteiger partial charge in [-0.3, -0.25) is 24.7 Å². The van der Waals surface area contributed by atoms with Crippen molar-refractivity contribution in [2.24, 2.45) is 11.3 Å². The lowest BCUT2D eigenvalue weighted by Gasteiger charge is -2.63. The Morgan fingerprint density at radius 3 is 2.46 bits per heavy atom. The number of fused-ring (bicyclic) bond motifs is 1. The largest absolute Gasteiger partial charge is 0.493 e. The summed E-state index contributed by atoms with van der Waals surface area (Å²) in [6, 6.07) is 28.0. The standard InChI is InChI=1S/C56H66N8O9S/c1-36(2)44-8-6-7-9-45(44)49-33-61(32-38-10-15-50(71-4)52(24-38)72-5)22-23-63(49)41-28-56(29-41)34-62(35-56)40-11-13-46(51(26-40)73-42-25-39-18-21-57-53(39)59-31-42)54(65)60-74(69,70)43-12-14-47(48(27-43)64(67)68)58-30-37-16-19-55(3,66)20-17-37/h6-15,18,21,24-27,31,36-37,41,49,58,66H,16-17,19-20,22-23,28-30,32-35H2,1-5H3,(H,57,59)(H,60,65)/t37?,49-,55?/m0/s1. The van der Waals surface area contributed by atoms with Crippen LogP contribution in [0, 0.1) is 21.4 Å². The summed E-state index contributed by atoms with van der Waals surface area (Å²) in [6.45, 7) is 12.0. The van der Waals surface area contributed by atoms with Crippen LogP contribution in [-0.4, -0.2) is 109 Å². The molecule has 0 unspecified atom stereocenters. The molecule has 74 heavy (non-hydrogen) atoms. The fraction of sp³-hybridized carbons (Fsp3) is 0.429. The number of aromatic nitrogens is 2. The molecule has 2 aliphatic carbocycles. The Kier molecular flexibility index (Phi) is 14.1. The van der Waals surface area contributed by atoms with Crippen molar-refractivity contribution >= 4 is 44.0 Å². The van der Waals surface area contributed by atoms with Gasteiger partial charge >= 0.3 is 0 Å². The highest BCUT2D eigenvalue weighted by Gasteiger charge is 2.55. The molecule has 390 valence electrons. The number of carbonyl (C=O) groups is 1. The van der Waals surface area contributed by atoms with Crippen molar-refractivity contribution in [2.75, 3.05) is 63.7 Å². The highest BCUT2D eigenvalue weighted by molar-refractivity contribution is 7.90. The number of piperazine rings is 1. The average molecular weight is 1030 g/mol. The van der Waals surface area contributed by atoms with Crippen LogP contribution in [0.15, 0.2) is 108 Å². The number of sulfonamides is 1. The number of nitro benzene ring substituents is 1. The molecule has 1 amide bonds. The maximum atomic E-state index is 14.1. The highest BCUT2D eigenvalue weighted by Crippen LogP contribution is 2.54. The van der Waals surface area contributed by atoms with Gasteiger partial charge in [0.25, 0.3) is 21.6 Å². The number of anilines is 2. The summed E-state index contributed by atoms with van der Waals surface area (Å²) >= 11 is 0. The Bertz CT molecular complexity index is 3160. The molecule has 4 aromatic carbocycles. The molecular formula is C56H66N8O9S. The third-order valence-electron chi connectivity index (χ3n) is 15.8. The number of nitrogens with zero attached hydrogens (tertiary/aromatic N) is 5. The van der Waals surface area contributed by atoms with Gasteiger partial charge in [0.2, 0.25) is 0 Å². The summed E-state index contributed by atoms with van der Waals surface area (Å²) in [5, 5.41) is 26.5. The summed E-state index contributed by atoms with van der Waals surface area (Å²) < 4.78 is 47.4. The van der Waals surface area contributed by atoms with Gasteiger partial charge < -0.3 is 34.5 Å². The van der Waals surface area contributed by atoms with Crippen LogP contribution >= 0.6 is 0 Å². The fourth-order valence-corrected chi connectivity index (χ4v) is 12.7. The number of pyridine rings is 1. The van der Waals surface area contributed by atoms with E-state index in [2.05, 4.69) is 85.0 Å². The van der Waals surface area contributed by atoms with Crippen molar-refractivity contribution in [3.63, 3.8) is 0 Å². The van der Waals surface area contributed by atoms with Crippen LogP contribution in [0.3, 0.4) is 0 Å². The van der Waals surface area contributed by atoms with Crippen LogP contribution in [0.4, 0.5) is 17.1 Å². The molecule has 0 bridgehead atoms. The molecule has 4 fully saturated rings. The quantitative estimate of drug-likeness (QED) is 0.0497. The molecule has 4 heterocycles. The number of ether oxygens (including phenoxy) is 3. The average Bonchev–Trinajstić information content (AvgIpc) is 3.84. The summed E-state index contributed by atoms with van der Waals surface area (Å²) in [5.41, 5.74) is 4.54. The second-order valence-corrected chi connectivity index (χ2v) is 23.1. The van der Waals surface area contributed by atoms with E-state index in [0.29, 0.717) is 42.7 Å². The molecule has 17 nitrogen and oxygen atoms in total. The van der Waals surface area contributed by atoms with E-state index in [-0.39, 0.29) is 34.4 Å². The highest BCUT2D eigenvalue weighted by atomic mass is 32.2. The van der Waals surface area contributed by atoms with Crippen LogP contribution in [0.2, 0.25) is 0 Å². The molecule has 2 aromatic heterocycles. The Balaban J connectivity index is 0.840. The summed E-state index contributed by atoms with van der Waals surface area (Å²) in [6.07, 6.45) is 8.19. The SMILES string of the molecule is COc1ccc(CN2CCN(C3CC4(C3)CN(c3ccc(C(=O)NS(=O)(=O)c5ccc(NCC6CCC(C)(O)CC6)c([N+](=O)[O-])c5)c(Oc5cnc6[nH]ccc6c5)c3)C4)[C@H](c3ccccc3C(C)C)C2)cc1OC. The monoisotopic (exact) mass is 1030 g/mol. The number of aromatic amines is 1. The summed E-state index contributed by atoms with van der Waals surface area (Å²) in [7, 11) is -1.27. The van der Waals surface area contributed by atoms with E-state index in [1.165, 1.54) is 35.0 Å². The molecule has 0 radical (unpaired) electrons. The van der Waals surface area contributed by atoms with Gasteiger partial charge in [0.1, 0.15) is 22.8 Å². The van der Waals surface area contributed by atoms with E-state index in [0.717, 1.165) is 93.6 Å². The van der Waals surface area contributed by atoms with Gasteiger partial charge in [-0.1, -0.05) is 44.2 Å². The van der Waals surface area contributed by atoms with E-state index in [1.807, 2.05) is 19.1 Å². The van der Waals surface area contributed by atoms with Gasteiger partial charge in [-0.05, 0) is 123 Å². The third-order valence-corrected chi connectivity index (χ3v) is 17.2. The molecule has 10 rings (SSSR count). The van der Waals surface area contributed by atoms with E-state index >= 15 is 0 Å². The molecule has 4 N–H and O–H groups in total. The van der Waals surface area contributed by atoms with Gasteiger partial charge in [-0.25, -0.2) is 18.1 Å². The number of nitrogens with one attached hydrogen (secondary N) is 3. The third kappa shape index (κ3) is 10.6. The van der Waals surface area contributed by atoms with E-state index in [4.69, 9.17) is 14.2 Å². The van der Waals surface area contributed by atoms with E-state index in [1.54, 1.807) is 44.7 Å². The molecule has 6 aromatic rings. The normalized spacial score (nSPS) is 21.3. The molecule has 2 aliphatic heterocycles. The van der Waals surface area contributed by atoms with Crippen molar-refractivity contribution in [1.82, 2.24) is 24.5 Å². The van der Waals surface area contributed by atoms with Crippen LogP contribution in [0.25, 0.3) is 11.0 Å². The first-order valence-electron chi connectivity index (χ1n) is 25.6. The number of carbonyl (C=O) groups excluding carboxylic acids is 1. The van der Waals surface area contributed by atoms with Crippen molar-refractivity contribution in [1.29, 1.82) is 0 Å². The maximum Gasteiger partial charge on any atom is 0.293 e. The first-order chi connectivity index (χ1) is 35.5. The smallest absolute Gasteiger partial charge is 0.293 e. The van der Waals surface area contributed by atoms with Gasteiger partial charge in [-0.15, -0.1) is 0 Å². The van der Waals surface area contributed by atoms with Crippen molar-refractivity contribution in [3.8, 4) is 23.0 Å². The van der Waals surface area contributed by atoms with E-state index < -0.39 is 37.0 Å². The number of methoxy groups -OCH3 is 2. The molecule has 18 heteroatoms. The number of nitro groups is 1. The molecule has 1 atom stereocenters. The molecule has 4 aliphatic rings. The molecule has 2 saturated heterocycles. The predicted molar refractivity (Wildman–Crippen MR) is 284 cm³/mol. The zero-order chi connectivity index (χ0) is 51.9. The van der Waals surface area contributed by atoms with Gasteiger partial charge in [0.15, 0.2) is 11.5 Å². The topological polar surface area (TPSA) is 205 Å². The number of H-pyrrole nitrogens is 1. The van der Waals surface area contributed by atoms with Crippen LogP contribution < -0.4 is 29.1 Å². The molecular weight excluding hydrogens is 961 g/mol. The van der Waals surface area contributed by atoms with Crippen LogP contribution in [0.1, 0.15) is 98.3 Å². The van der Waals surface area contributed by atoms with Crippen molar-refractivity contribution < 1.29 is 37.5 Å². The second-order valence-electron chi connectivity index (χ2n) is 21.4. The zero-order valence-electron chi connectivity index (χ0n) is 42.7. The molecule has 2 saturated carbocycles. The number of benzene rings is 4. The lowest BCUT2D eigenvalue weighted by Crippen LogP contribution is -2.68.